The van der Waals surface area contributed by atoms with Crippen molar-refractivity contribution in [3.63, 3.8) is 0 Å². The monoisotopic (exact) mass is 478 g/mol. The second kappa shape index (κ2) is 10.7. The number of thiazole rings is 1. The summed E-state index contributed by atoms with van der Waals surface area (Å²) in [7, 11) is -3.45. The number of ether oxygens (including phenoxy) is 1. The van der Waals surface area contributed by atoms with Crippen LogP contribution >= 0.6 is 22.9 Å². The first kappa shape index (κ1) is 23.2. The topological polar surface area (TPSA) is 85.4 Å². The van der Waals surface area contributed by atoms with Gasteiger partial charge in [-0.05, 0) is 61.4 Å². The zero-order valence-electron chi connectivity index (χ0n) is 17.0. The summed E-state index contributed by atoms with van der Waals surface area (Å²) in [5.41, 5.74) is 1.68. The van der Waals surface area contributed by atoms with Crippen molar-refractivity contribution in [3.8, 4) is 17.0 Å². The maximum atomic E-state index is 12.3. The Morgan fingerprint density at radius 1 is 1.13 bits per heavy atom. The van der Waals surface area contributed by atoms with Gasteiger partial charge in [0.25, 0.3) is 0 Å². The van der Waals surface area contributed by atoms with E-state index in [1.807, 2.05) is 29.6 Å². The third-order valence-corrected chi connectivity index (χ3v) is 7.19. The summed E-state index contributed by atoms with van der Waals surface area (Å²) in [5, 5.41) is 5.55. The third-order valence-electron chi connectivity index (χ3n) is 4.36. The van der Waals surface area contributed by atoms with Gasteiger partial charge in [0, 0.05) is 22.4 Å². The van der Waals surface area contributed by atoms with Gasteiger partial charge in [0.2, 0.25) is 5.91 Å². The van der Waals surface area contributed by atoms with E-state index in [2.05, 4.69) is 17.2 Å². The fraction of sp³-hybridized carbons (Fsp3) is 0.273. The Kier molecular flexibility index (Phi) is 8.06. The van der Waals surface area contributed by atoms with E-state index in [0.29, 0.717) is 16.8 Å². The number of nitrogens with zero attached hydrogens (tertiary/aromatic N) is 1. The summed E-state index contributed by atoms with van der Waals surface area (Å²) in [6.45, 7) is 2.73. The Hall–Kier alpha value is -2.42. The quantitative estimate of drug-likeness (QED) is 0.419. The molecule has 31 heavy (non-hydrogen) atoms. The highest BCUT2D eigenvalue weighted by Gasteiger charge is 2.15. The van der Waals surface area contributed by atoms with Crippen LogP contribution in [-0.2, 0) is 14.6 Å². The van der Waals surface area contributed by atoms with Crippen LogP contribution in [0.3, 0.4) is 0 Å². The number of hydrogen-bond acceptors (Lipinski definition) is 6. The highest BCUT2D eigenvalue weighted by atomic mass is 35.5. The fourth-order valence-corrected chi connectivity index (χ4v) is 4.94. The van der Waals surface area contributed by atoms with Crippen LogP contribution in [0, 0.1) is 0 Å². The number of benzene rings is 2. The van der Waals surface area contributed by atoms with Gasteiger partial charge in [-0.25, -0.2) is 13.4 Å². The van der Waals surface area contributed by atoms with Gasteiger partial charge in [0.1, 0.15) is 5.75 Å². The standard InChI is InChI=1S/C22H23ClN2O4S2/c1-2-13-29-18-9-5-16(6-10-18)20-15-30-22(24-20)25-21(26)4-3-14-31(27,28)19-11-7-17(23)8-12-19/h5-12,15H,2-4,13-14H2,1H3,(H,24,25,26). The molecule has 0 unspecified atom stereocenters. The molecule has 1 aromatic heterocycles. The zero-order valence-corrected chi connectivity index (χ0v) is 19.4. The van der Waals surface area contributed by atoms with Crippen molar-refractivity contribution in [3.05, 3.63) is 58.9 Å². The molecule has 0 aliphatic carbocycles. The molecule has 0 saturated heterocycles. The number of halogens is 1. The van der Waals surface area contributed by atoms with Gasteiger partial charge in [-0.3, -0.25) is 4.79 Å². The Balaban J connectivity index is 1.50. The van der Waals surface area contributed by atoms with E-state index >= 15 is 0 Å². The molecule has 0 spiro atoms. The minimum absolute atomic E-state index is 0.0885. The van der Waals surface area contributed by atoms with Crippen LogP contribution in [0.1, 0.15) is 26.2 Å². The number of rotatable bonds is 10. The first-order valence-electron chi connectivity index (χ1n) is 9.84. The van der Waals surface area contributed by atoms with Crippen LogP contribution in [0.4, 0.5) is 5.13 Å². The Bertz CT molecular complexity index is 1110. The highest BCUT2D eigenvalue weighted by molar-refractivity contribution is 7.91. The fourth-order valence-electron chi connectivity index (χ4n) is 2.77. The first-order chi connectivity index (χ1) is 14.9. The maximum absolute atomic E-state index is 12.3. The van der Waals surface area contributed by atoms with Crippen molar-refractivity contribution in [2.45, 2.75) is 31.1 Å². The number of nitrogens with one attached hydrogen (secondary N) is 1. The Labute approximate surface area is 191 Å². The molecular formula is C22H23ClN2O4S2. The normalized spacial score (nSPS) is 11.3. The van der Waals surface area contributed by atoms with Gasteiger partial charge >= 0.3 is 0 Å². The van der Waals surface area contributed by atoms with Crippen LogP contribution in [0.25, 0.3) is 11.3 Å². The predicted molar refractivity (Wildman–Crippen MR) is 125 cm³/mol. The molecule has 9 heteroatoms. The highest BCUT2D eigenvalue weighted by Crippen LogP contribution is 2.27. The maximum Gasteiger partial charge on any atom is 0.226 e. The lowest BCUT2D eigenvalue weighted by Gasteiger charge is -2.05. The summed E-state index contributed by atoms with van der Waals surface area (Å²) in [6, 6.07) is 13.6. The van der Waals surface area contributed by atoms with E-state index in [1.54, 1.807) is 0 Å². The molecule has 1 amide bonds. The van der Waals surface area contributed by atoms with Gasteiger partial charge in [0.05, 0.1) is 22.9 Å². The lowest BCUT2D eigenvalue weighted by molar-refractivity contribution is -0.116. The molecule has 1 heterocycles. The summed E-state index contributed by atoms with van der Waals surface area (Å²) >= 11 is 7.12. The van der Waals surface area contributed by atoms with Crippen molar-refractivity contribution in [2.24, 2.45) is 0 Å². The minimum atomic E-state index is -3.45. The van der Waals surface area contributed by atoms with Gasteiger partial charge in [-0.1, -0.05) is 18.5 Å². The third kappa shape index (κ3) is 6.78. The van der Waals surface area contributed by atoms with E-state index in [4.69, 9.17) is 16.3 Å². The van der Waals surface area contributed by atoms with Crippen molar-refractivity contribution in [2.75, 3.05) is 17.7 Å². The lowest BCUT2D eigenvalue weighted by atomic mass is 10.2. The average Bonchev–Trinajstić information content (AvgIpc) is 3.21. The molecule has 0 radical (unpaired) electrons. The predicted octanol–water partition coefficient (Wildman–Crippen LogP) is 5.44. The molecule has 1 N–H and O–H groups in total. The second-order valence-corrected chi connectivity index (χ2v) is 10.2. The van der Waals surface area contributed by atoms with Crippen LogP contribution in [-0.4, -0.2) is 31.7 Å². The van der Waals surface area contributed by atoms with Crippen molar-refractivity contribution >= 4 is 43.8 Å². The molecule has 0 bridgehead atoms. The number of sulfone groups is 1. The second-order valence-electron chi connectivity index (χ2n) is 6.84. The average molecular weight is 479 g/mol. The molecule has 0 fully saturated rings. The van der Waals surface area contributed by atoms with Gasteiger partial charge in [-0.15, -0.1) is 11.3 Å². The van der Waals surface area contributed by atoms with Gasteiger partial charge in [0.15, 0.2) is 15.0 Å². The number of aromatic nitrogens is 1. The largest absolute Gasteiger partial charge is 0.494 e. The summed E-state index contributed by atoms with van der Waals surface area (Å²) in [4.78, 5) is 16.8. The summed E-state index contributed by atoms with van der Waals surface area (Å²) < 4.78 is 30.2. The molecule has 164 valence electrons. The summed E-state index contributed by atoms with van der Waals surface area (Å²) in [5.74, 6) is 0.427. The van der Waals surface area contributed by atoms with Crippen molar-refractivity contribution < 1.29 is 17.9 Å². The minimum Gasteiger partial charge on any atom is -0.494 e. The van der Waals surface area contributed by atoms with E-state index in [-0.39, 0.29) is 29.4 Å². The SMILES string of the molecule is CCCOc1ccc(-c2csc(NC(=O)CCCS(=O)(=O)c3ccc(Cl)cc3)n2)cc1. The number of anilines is 1. The first-order valence-corrected chi connectivity index (χ1v) is 12.8. The molecule has 0 saturated carbocycles. The van der Waals surface area contributed by atoms with E-state index in [9.17, 15) is 13.2 Å². The number of carbonyl (C=O) groups is 1. The molecule has 0 aliphatic heterocycles. The smallest absolute Gasteiger partial charge is 0.226 e. The molecular weight excluding hydrogens is 456 g/mol. The Morgan fingerprint density at radius 3 is 2.52 bits per heavy atom. The lowest BCUT2D eigenvalue weighted by Crippen LogP contribution is -2.14. The zero-order chi connectivity index (χ0) is 22.3. The molecule has 6 nitrogen and oxygen atoms in total. The van der Waals surface area contributed by atoms with E-state index in [1.165, 1.54) is 35.6 Å². The molecule has 3 rings (SSSR count). The van der Waals surface area contributed by atoms with Gasteiger partial charge < -0.3 is 10.1 Å². The van der Waals surface area contributed by atoms with Crippen LogP contribution < -0.4 is 10.1 Å². The van der Waals surface area contributed by atoms with Crippen molar-refractivity contribution in [1.82, 2.24) is 4.98 Å². The van der Waals surface area contributed by atoms with Crippen LogP contribution in [0.15, 0.2) is 58.8 Å². The Morgan fingerprint density at radius 2 is 1.84 bits per heavy atom. The molecule has 0 atom stereocenters. The molecule has 0 aliphatic rings. The molecule has 2 aromatic carbocycles. The number of hydrogen-bond donors (Lipinski definition) is 1. The molecule has 3 aromatic rings. The van der Waals surface area contributed by atoms with E-state index in [0.717, 1.165) is 23.4 Å². The van der Waals surface area contributed by atoms with Gasteiger partial charge in [-0.2, -0.15) is 0 Å². The van der Waals surface area contributed by atoms with Crippen molar-refractivity contribution in [1.29, 1.82) is 0 Å². The van der Waals surface area contributed by atoms with E-state index < -0.39 is 9.84 Å². The van der Waals surface area contributed by atoms with Crippen LogP contribution in [0.5, 0.6) is 5.75 Å². The van der Waals surface area contributed by atoms with Crippen LogP contribution in [0.2, 0.25) is 5.02 Å². The number of amides is 1. The summed E-state index contributed by atoms with van der Waals surface area (Å²) in [6.07, 6.45) is 1.25. The number of carbonyl (C=O) groups excluding carboxylic acids is 1.